The molecule has 3 aromatic carbocycles. The van der Waals surface area contributed by atoms with Gasteiger partial charge in [-0.1, -0.05) is 30.3 Å². The number of ether oxygens (including phenoxy) is 1. The third kappa shape index (κ3) is 4.09. The molecule has 0 saturated heterocycles. The van der Waals surface area contributed by atoms with Crippen LogP contribution in [0, 0.1) is 11.6 Å². The van der Waals surface area contributed by atoms with E-state index in [-0.39, 0.29) is 17.4 Å². The minimum Gasteiger partial charge on any atom is -0.491 e. The Kier molecular flexibility index (Phi) is 5.73. The van der Waals surface area contributed by atoms with Crippen LogP contribution in [0.25, 0.3) is 5.57 Å². The van der Waals surface area contributed by atoms with Crippen LogP contribution >= 0.6 is 0 Å². The highest BCUT2D eigenvalue weighted by Crippen LogP contribution is 2.35. The highest BCUT2D eigenvalue weighted by Gasteiger charge is 2.41. The average molecular weight is 434 g/mol. The number of carbonyl (C=O) groups excluding carboxylic acids is 2. The SMILES string of the molecule is CC(C)Oc1ccc(NC2=C(c3ccccc3)C(=O)N(c3cc(F)ccc3F)C2=O)cc1. The lowest BCUT2D eigenvalue weighted by Crippen LogP contribution is -2.33. The predicted molar refractivity (Wildman–Crippen MR) is 118 cm³/mol. The summed E-state index contributed by atoms with van der Waals surface area (Å²) in [5.74, 6) is -2.50. The molecule has 1 heterocycles. The molecular weight excluding hydrogens is 414 g/mol. The summed E-state index contributed by atoms with van der Waals surface area (Å²) in [5, 5.41) is 2.98. The molecule has 5 nitrogen and oxygen atoms in total. The summed E-state index contributed by atoms with van der Waals surface area (Å²) in [7, 11) is 0. The number of nitrogens with zero attached hydrogens (tertiary/aromatic N) is 1. The van der Waals surface area contributed by atoms with E-state index >= 15 is 0 Å². The van der Waals surface area contributed by atoms with Crippen LogP contribution in [-0.2, 0) is 9.59 Å². The normalized spacial score (nSPS) is 13.8. The summed E-state index contributed by atoms with van der Waals surface area (Å²) in [5.41, 5.74) is 0.620. The molecule has 4 rings (SSSR count). The molecule has 7 heteroatoms. The Balaban J connectivity index is 1.75. The zero-order valence-corrected chi connectivity index (χ0v) is 17.4. The molecule has 0 spiro atoms. The molecule has 1 N–H and O–H groups in total. The molecule has 0 aliphatic carbocycles. The van der Waals surface area contributed by atoms with Crippen molar-refractivity contribution in [2.45, 2.75) is 20.0 Å². The van der Waals surface area contributed by atoms with Crippen molar-refractivity contribution in [1.82, 2.24) is 0 Å². The van der Waals surface area contributed by atoms with Crippen molar-refractivity contribution in [3.63, 3.8) is 0 Å². The van der Waals surface area contributed by atoms with Gasteiger partial charge < -0.3 is 10.1 Å². The van der Waals surface area contributed by atoms with E-state index in [1.807, 2.05) is 13.8 Å². The fourth-order valence-electron chi connectivity index (χ4n) is 3.43. The van der Waals surface area contributed by atoms with Crippen LogP contribution in [-0.4, -0.2) is 17.9 Å². The number of imide groups is 1. The van der Waals surface area contributed by atoms with Crippen LogP contribution in [0.15, 0.2) is 78.5 Å². The van der Waals surface area contributed by atoms with Crippen molar-refractivity contribution >= 4 is 28.8 Å². The van der Waals surface area contributed by atoms with Crippen LogP contribution in [0.5, 0.6) is 5.75 Å². The Hall–Kier alpha value is -4.00. The molecule has 1 aliphatic heterocycles. The van der Waals surface area contributed by atoms with Gasteiger partial charge in [0.15, 0.2) is 0 Å². The van der Waals surface area contributed by atoms with Gasteiger partial charge in [0.25, 0.3) is 11.8 Å². The quantitative estimate of drug-likeness (QED) is 0.546. The van der Waals surface area contributed by atoms with E-state index in [2.05, 4.69) is 5.32 Å². The smallest absolute Gasteiger partial charge is 0.282 e. The Labute approximate surface area is 183 Å². The van der Waals surface area contributed by atoms with Gasteiger partial charge in [0.1, 0.15) is 23.1 Å². The standard InChI is InChI=1S/C25H20F2N2O3/c1-15(2)32-19-11-9-18(10-12-19)28-23-22(16-6-4-3-5-7-16)24(30)29(25(23)31)21-14-17(26)8-13-20(21)27/h3-15,28H,1-2H3. The molecular formula is C25H20F2N2O3. The summed E-state index contributed by atoms with van der Waals surface area (Å²) in [6.45, 7) is 3.82. The monoisotopic (exact) mass is 434 g/mol. The number of hydrogen-bond donors (Lipinski definition) is 1. The molecule has 0 unspecified atom stereocenters. The van der Waals surface area contributed by atoms with Crippen LogP contribution < -0.4 is 15.0 Å². The second-order valence-electron chi connectivity index (χ2n) is 7.47. The maximum absolute atomic E-state index is 14.4. The first-order chi connectivity index (χ1) is 15.3. The summed E-state index contributed by atoms with van der Waals surface area (Å²) in [4.78, 5) is 27.2. The van der Waals surface area contributed by atoms with E-state index in [4.69, 9.17) is 4.74 Å². The van der Waals surface area contributed by atoms with Crippen LogP contribution in [0.2, 0.25) is 0 Å². The molecule has 0 fully saturated rings. The fourth-order valence-corrected chi connectivity index (χ4v) is 3.43. The maximum Gasteiger partial charge on any atom is 0.282 e. The van der Waals surface area contributed by atoms with Gasteiger partial charge in [-0.3, -0.25) is 9.59 Å². The fraction of sp³-hybridized carbons (Fsp3) is 0.120. The number of halogens is 2. The Bertz CT molecular complexity index is 1210. The molecule has 0 aromatic heterocycles. The lowest BCUT2D eigenvalue weighted by molar-refractivity contribution is -0.120. The largest absolute Gasteiger partial charge is 0.491 e. The average Bonchev–Trinajstić information content (AvgIpc) is 3.01. The van der Waals surface area contributed by atoms with E-state index in [1.165, 1.54) is 0 Å². The number of anilines is 2. The van der Waals surface area contributed by atoms with Gasteiger partial charge in [0.05, 0.1) is 17.4 Å². The van der Waals surface area contributed by atoms with Crippen molar-refractivity contribution in [1.29, 1.82) is 0 Å². The van der Waals surface area contributed by atoms with Gasteiger partial charge in [-0.05, 0) is 55.8 Å². The third-order valence-electron chi connectivity index (χ3n) is 4.79. The molecule has 0 bridgehead atoms. The minimum absolute atomic E-state index is 0.00459. The minimum atomic E-state index is -0.878. The van der Waals surface area contributed by atoms with Crippen LogP contribution in [0.1, 0.15) is 19.4 Å². The van der Waals surface area contributed by atoms with Crippen molar-refractivity contribution in [2.75, 3.05) is 10.2 Å². The second-order valence-corrected chi connectivity index (χ2v) is 7.47. The predicted octanol–water partition coefficient (Wildman–Crippen LogP) is 5.15. The second kappa shape index (κ2) is 8.63. The van der Waals surface area contributed by atoms with Crippen molar-refractivity contribution < 1.29 is 23.1 Å². The summed E-state index contributed by atoms with van der Waals surface area (Å²) < 4.78 is 33.8. The number of carbonyl (C=O) groups is 2. The lowest BCUT2D eigenvalue weighted by Gasteiger charge is -2.16. The van der Waals surface area contributed by atoms with Gasteiger partial charge in [0, 0.05) is 11.8 Å². The van der Waals surface area contributed by atoms with Crippen molar-refractivity contribution in [2.24, 2.45) is 0 Å². The number of nitrogens with one attached hydrogen (secondary N) is 1. The van der Waals surface area contributed by atoms with E-state index in [0.29, 0.717) is 21.9 Å². The molecule has 1 aliphatic rings. The number of benzene rings is 3. The lowest BCUT2D eigenvalue weighted by atomic mass is 10.0. The third-order valence-corrected chi connectivity index (χ3v) is 4.79. The van der Waals surface area contributed by atoms with Crippen LogP contribution in [0.4, 0.5) is 20.2 Å². The first-order valence-corrected chi connectivity index (χ1v) is 10.0. The highest BCUT2D eigenvalue weighted by molar-refractivity contribution is 6.46. The Morgan fingerprint density at radius 2 is 1.56 bits per heavy atom. The van der Waals surface area contributed by atoms with E-state index in [9.17, 15) is 18.4 Å². The molecule has 0 atom stereocenters. The Morgan fingerprint density at radius 1 is 0.875 bits per heavy atom. The molecule has 2 amide bonds. The maximum atomic E-state index is 14.4. The van der Waals surface area contributed by atoms with Gasteiger partial charge in [0.2, 0.25) is 0 Å². The van der Waals surface area contributed by atoms with E-state index in [0.717, 1.165) is 18.2 Å². The van der Waals surface area contributed by atoms with Gasteiger partial charge in [-0.2, -0.15) is 0 Å². The van der Waals surface area contributed by atoms with E-state index < -0.39 is 29.1 Å². The molecule has 32 heavy (non-hydrogen) atoms. The first-order valence-electron chi connectivity index (χ1n) is 10.0. The summed E-state index contributed by atoms with van der Waals surface area (Å²) in [6, 6.07) is 18.1. The van der Waals surface area contributed by atoms with E-state index in [1.54, 1.807) is 54.6 Å². The van der Waals surface area contributed by atoms with Gasteiger partial charge in [-0.15, -0.1) is 0 Å². The summed E-state index contributed by atoms with van der Waals surface area (Å²) >= 11 is 0. The molecule has 162 valence electrons. The Morgan fingerprint density at radius 3 is 2.22 bits per heavy atom. The zero-order valence-electron chi connectivity index (χ0n) is 17.4. The highest BCUT2D eigenvalue weighted by atomic mass is 19.1. The van der Waals surface area contributed by atoms with Gasteiger partial charge in [-0.25, -0.2) is 13.7 Å². The summed E-state index contributed by atoms with van der Waals surface area (Å²) in [6.07, 6.45) is 0.00459. The van der Waals surface area contributed by atoms with Crippen molar-refractivity contribution in [3.8, 4) is 5.75 Å². The van der Waals surface area contributed by atoms with Crippen LogP contribution in [0.3, 0.4) is 0 Å². The molecule has 0 saturated carbocycles. The van der Waals surface area contributed by atoms with Gasteiger partial charge >= 0.3 is 0 Å². The zero-order chi connectivity index (χ0) is 22.8. The topological polar surface area (TPSA) is 58.6 Å². The number of rotatable bonds is 6. The molecule has 3 aromatic rings. The molecule has 0 radical (unpaired) electrons. The number of hydrogen-bond acceptors (Lipinski definition) is 4. The first kappa shape index (κ1) is 21.2. The number of amides is 2. The van der Waals surface area contributed by atoms with Crippen molar-refractivity contribution in [3.05, 3.63) is 95.7 Å².